The smallest absolute Gasteiger partial charge is 0.142 e. The molecule has 0 bridgehead atoms. The first-order chi connectivity index (χ1) is 6.69. The predicted octanol–water partition coefficient (Wildman–Crippen LogP) is 3.54. The van der Waals surface area contributed by atoms with Crippen molar-refractivity contribution < 1.29 is 4.39 Å². The van der Waals surface area contributed by atoms with Gasteiger partial charge in [0.1, 0.15) is 5.82 Å². The molecule has 1 rings (SSSR count). The number of rotatable bonds is 4. The Kier molecular flexibility index (Phi) is 4.36. The summed E-state index contributed by atoms with van der Waals surface area (Å²) in [5.74, 6) is -0.347. The van der Waals surface area contributed by atoms with E-state index in [9.17, 15) is 4.39 Å². The highest BCUT2D eigenvalue weighted by molar-refractivity contribution is 6.30. The van der Waals surface area contributed by atoms with Gasteiger partial charge in [0.15, 0.2) is 0 Å². The quantitative estimate of drug-likeness (QED) is 0.810. The van der Waals surface area contributed by atoms with Gasteiger partial charge in [-0.1, -0.05) is 31.5 Å². The molecule has 1 N–H and O–H groups in total. The van der Waals surface area contributed by atoms with E-state index in [4.69, 9.17) is 11.6 Å². The molecule has 0 spiro atoms. The Morgan fingerprint density at radius 2 is 2.14 bits per heavy atom. The lowest BCUT2D eigenvalue weighted by Crippen LogP contribution is -2.20. The highest BCUT2D eigenvalue weighted by atomic mass is 35.5. The van der Waals surface area contributed by atoms with Gasteiger partial charge in [0.25, 0.3) is 0 Å². The van der Waals surface area contributed by atoms with Crippen LogP contribution >= 0.6 is 11.6 Å². The van der Waals surface area contributed by atoms with E-state index in [-0.39, 0.29) is 16.9 Å². The standard InChI is InChI=1S/C11H15ClFN/c1-3-11(14-4-2)8-5-6-9(12)10(13)7-8/h5-7,11,14H,3-4H2,1-2H3. The molecule has 0 aromatic heterocycles. The predicted molar refractivity (Wildman–Crippen MR) is 58.1 cm³/mol. The summed E-state index contributed by atoms with van der Waals surface area (Å²) in [5.41, 5.74) is 0.955. The zero-order valence-corrected chi connectivity index (χ0v) is 9.24. The van der Waals surface area contributed by atoms with E-state index < -0.39 is 0 Å². The maximum Gasteiger partial charge on any atom is 0.142 e. The minimum absolute atomic E-state index is 0.181. The molecule has 0 saturated heterocycles. The molecular formula is C11H15ClFN. The minimum atomic E-state index is -0.347. The van der Waals surface area contributed by atoms with E-state index in [0.717, 1.165) is 18.5 Å². The molecule has 1 unspecified atom stereocenters. The average Bonchev–Trinajstić information content (AvgIpc) is 2.19. The number of nitrogens with one attached hydrogen (secondary N) is 1. The summed E-state index contributed by atoms with van der Waals surface area (Å²) >= 11 is 5.61. The summed E-state index contributed by atoms with van der Waals surface area (Å²) in [4.78, 5) is 0. The topological polar surface area (TPSA) is 12.0 Å². The van der Waals surface area contributed by atoms with Gasteiger partial charge in [-0.05, 0) is 30.7 Å². The summed E-state index contributed by atoms with van der Waals surface area (Å²) in [6.45, 7) is 4.98. The van der Waals surface area contributed by atoms with E-state index in [0.29, 0.717) is 0 Å². The van der Waals surface area contributed by atoms with Gasteiger partial charge >= 0.3 is 0 Å². The zero-order valence-electron chi connectivity index (χ0n) is 8.48. The maximum absolute atomic E-state index is 13.2. The summed E-state index contributed by atoms with van der Waals surface area (Å²) in [6, 6.07) is 5.18. The molecule has 1 aromatic carbocycles. The molecule has 0 aliphatic rings. The Balaban J connectivity index is 2.88. The van der Waals surface area contributed by atoms with Crippen LogP contribution in [0.5, 0.6) is 0 Å². The van der Waals surface area contributed by atoms with Crippen LogP contribution in [0.3, 0.4) is 0 Å². The lowest BCUT2D eigenvalue weighted by Gasteiger charge is -2.16. The molecular weight excluding hydrogens is 201 g/mol. The molecule has 14 heavy (non-hydrogen) atoms. The molecule has 0 saturated carbocycles. The first kappa shape index (κ1) is 11.5. The molecule has 0 heterocycles. The number of halogens is 2. The molecule has 78 valence electrons. The molecule has 1 aromatic rings. The fraction of sp³-hybridized carbons (Fsp3) is 0.455. The molecule has 0 radical (unpaired) electrons. The van der Waals surface area contributed by atoms with Crippen molar-refractivity contribution in [1.29, 1.82) is 0 Å². The van der Waals surface area contributed by atoms with Gasteiger partial charge in [-0.15, -0.1) is 0 Å². The highest BCUT2D eigenvalue weighted by Crippen LogP contribution is 2.21. The molecule has 0 amide bonds. The van der Waals surface area contributed by atoms with Gasteiger partial charge in [0.05, 0.1) is 5.02 Å². The van der Waals surface area contributed by atoms with Crippen LogP contribution in [0.15, 0.2) is 18.2 Å². The largest absolute Gasteiger partial charge is 0.310 e. The van der Waals surface area contributed by atoms with Gasteiger partial charge in [-0.25, -0.2) is 4.39 Å². The lowest BCUT2D eigenvalue weighted by atomic mass is 10.0. The second-order valence-electron chi connectivity index (χ2n) is 3.19. The van der Waals surface area contributed by atoms with Crippen molar-refractivity contribution in [1.82, 2.24) is 5.32 Å². The van der Waals surface area contributed by atoms with Crippen LogP contribution in [0.4, 0.5) is 4.39 Å². The van der Waals surface area contributed by atoms with Crippen molar-refractivity contribution in [2.75, 3.05) is 6.54 Å². The maximum atomic E-state index is 13.2. The van der Waals surface area contributed by atoms with Gasteiger partial charge in [-0.3, -0.25) is 0 Å². The van der Waals surface area contributed by atoms with Crippen LogP contribution in [0.2, 0.25) is 5.02 Å². The SMILES string of the molecule is CCNC(CC)c1ccc(Cl)c(F)c1. The summed E-state index contributed by atoms with van der Waals surface area (Å²) in [5, 5.41) is 3.47. The Morgan fingerprint density at radius 3 is 2.64 bits per heavy atom. The molecule has 1 atom stereocenters. The number of hydrogen-bond acceptors (Lipinski definition) is 1. The zero-order chi connectivity index (χ0) is 10.6. The third kappa shape index (κ3) is 2.69. The first-order valence-electron chi connectivity index (χ1n) is 4.87. The van der Waals surface area contributed by atoms with E-state index in [1.54, 1.807) is 6.07 Å². The fourth-order valence-corrected chi connectivity index (χ4v) is 1.59. The molecule has 0 aliphatic heterocycles. The van der Waals surface area contributed by atoms with E-state index in [1.165, 1.54) is 6.07 Å². The van der Waals surface area contributed by atoms with E-state index in [2.05, 4.69) is 12.2 Å². The Bertz CT molecular complexity index is 301. The van der Waals surface area contributed by atoms with Crippen LogP contribution in [0.25, 0.3) is 0 Å². The van der Waals surface area contributed by atoms with Crippen LogP contribution in [0.1, 0.15) is 31.9 Å². The highest BCUT2D eigenvalue weighted by Gasteiger charge is 2.09. The van der Waals surface area contributed by atoms with Crippen LogP contribution in [-0.4, -0.2) is 6.54 Å². The van der Waals surface area contributed by atoms with Crippen molar-refractivity contribution in [2.24, 2.45) is 0 Å². The van der Waals surface area contributed by atoms with Crippen LogP contribution in [-0.2, 0) is 0 Å². The van der Waals surface area contributed by atoms with Crippen molar-refractivity contribution in [3.8, 4) is 0 Å². The average molecular weight is 216 g/mol. The Labute approximate surface area is 89.3 Å². The van der Waals surface area contributed by atoms with Crippen molar-refractivity contribution in [2.45, 2.75) is 26.3 Å². The van der Waals surface area contributed by atoms with Gasteiger partial charge < -0.3 is 5.32 Å². The number of benzene rings is 1. The van der Waals surface area contributed by atoms with Gasteiger partial charge in [0.2, 0.25) is 0 Å². The van der Waals surface area contributed by atoms with Crippen molar-refractivity contribution in [3.63, 3.8) is 0 Å². The molecule has 0 fully saturated rings. The monoisotopic (exact) mass is 215 g/mol. The summed E-state index contributed by atoms with van der Waals surface area (Å²) in [6.07, 6.45) is 0.939. The van der Waals surface area contributed by atoms with E-state index in [1.807, 2.05) is 13.0 Å². The molecule has 3 heteroatoms. The molecule has 0 aliphatic carbocycles. The lowest BCUT2D eigenvalue weighted by molar-refractivity contribution is 0.531. The number of hydrogen-bond donors (Lipinski definition) is 1. The second kappa shape index (κ2) is 5.32. The Hall–Kier alpha value is -0.600. The van der Waals surface area contributed by atoms with Crippen LogP contribution in [0, 0.1) is 5.82 Å². The molecule has 1 nitrogen and oxygen atoms in total. The van der Waals surface area contributed by atoms with Crippen LogP contribution < -0.4 is 5.32 Å². The minimum Gasteiger partial charge on any atom is -0.310 e. The van der Waals surface area contributed by atoms with Crippen molar-refractivity contribution in [3.05, 3.63) is 34.6 Å². The summed E-state index contributed by atoms with van der Waals surface area (Å²) < 4.78 is 13.2. The van der Waals surface area contributed by atoms with Gasteiger partial charge in [0, 0.05) is 6.04 Å². The second-order valence-corrected chi connectivity index (χ2v) is 3.60. The normalized spacial score (nSPS) is 12.9. The fourth-order valence-electron chi connectivity index (χ4n) is 1.47. The van der Waals surface area contributed by atoms with E-state index >= 15 is 0 Å². The first-order valence-corrected chi connectivity index (χ1v) is 5.25. The van der Waals surface area contributed by atoms with Gasteiger partial charge in [-0.2, -0.15) is 0 Å². The summed E-state index contributed by atoms with van der Waals surface area (Å²) in [7, 11) is 0. The third-order valence-corrected chi connectivity index (χ3v) is 2.51. The van der Waals surface area contributed by atoms with Crippen molar-refractivity contribution >= 4 is 11.6 Å². The third-order valence-electron chi connectivity index (χ3n) is 2.20. The Morgan fingerprint density at radius 1 is 1.43 bits per heavy atom.